The molecule has 0 aromatic carbocycles. The van der Waals surface area contributed by atoms with Gasteiger partial charge in [-0.05, 0) is 51.1 Å². The van der Waals surface area contributed by atoms with E-state index in [0.717, 1.165) is 13.1 Å². The summed E-state index contributed by atoms with van der Waals surface area (Å²) in [5.74, 6) is -0.663. The smallest absolute Gasteiger partial charge is 0.310 e. The van der Waals surface area contributed by atoms with Gasteiger partial charge in [0.15, 0.2) is 0 Å². The molecule has 1 atom stereocenters. The lowest BCUT2D eigenvalue weighted by Gasteiger charge is -2.31. The summed E-state index contributed by atoms with van der Waals surface area (Å²) in [4.78, 5) is 13.7. The zero-order valence-electron chi connectivity index (χ0n) is 11.8. The van der Waals surface area contributed by atoms with Gasteiger partial charge in [0.05, 0.1) is 5.41 Å². The topological polar surface area (TPSA) is 40.5 Å². The maximum Gasteiger partial charge on any atom is 0.310 e. The van der Waals surface area contributed by atoms with E-state index in [1.165, 1.54) is 19.3 Å². The summed E-state index contributed by atoms with van der Waals surface area (Å²) >= 11 is 0. The van der Waals surface area contributed by atoms with E-state index in [9.17, 15) is 9.90 Å². The van der Waals surface area contributed by atoms with Gasteiger partial charge < -0.3 is 10.0 Å². The van der Waals surface area contributed by atoms with Gasteiger partial charge in [-0.3, -0.25) is 4.79 Å². The van der Waals surface area contributed by atoms with E-state index in [0.29, 0.717) is 18.4 Å². The summed E-state index contributed by atoms with van der Waals surface area (Å²) in [7, 11) is 0. The largest absolute Gasteiger partial charge is 0.481 e. The molecule has 1 saturated heterocycles. The third-order valence-corrected chi connectivity index (χ3v) is 4.30. The fourth-order valence-corrected chi connectivity index (χ4v) is 2.46. The van der Waals surface area contributed by atoms with Crippen molar-refractivity contribution in [2.75, 3.05) is 19.6 Å². The standard InChI is InChI=1S/C14H27NO2/c1-5-14(4,12(16)17)11-15-9-6-7-13(2,3)8-10-15/h5-11H2,1-4H3,(H,16,17). The van der Waals surface area contributed by atoms with Crippen LogP contribution in [0.25, 0.3) is 0 Å². The van der Waals surface area contributed by atoms with Crippen molar-refractivity contribution in [1.29, 1.82) is 0 Å². The molecule has 1 heterocycles. The van der Waals surface area contributed by atoms with Crippen LogP contribution in [0.4, 0.5) is 0 Å². The van der Waals surface area contributed by atoms with E-state index in [4.69, 9.17) is 0 Å². The third kappa shape index (κ3) is 3.98. The minimum absolute atomic E-state index is 0.417. The van der Waals surface area contributed by atoms with Gasteiger partial charge in [-0.1, -0.05) is 20.8 Å². The average Bonchev–Trinajstić information content (AvgIpc) is 2.40. The van der Waals surface area contributed by atoms with Crippen molar-refractivity contribution in [3.05, 3.63) is 0 Å². The van der Waals surface area contributed by atoms with Crippen molar-refractivity contribution in [2.24, 2.45) is 10.8 Å². The molecule has 0 aliphatic carbocycles. The molecule has 100 valence electrons. The Hall–Kier alpha value is -0.570. The van der Waals surface area contributed by atoms with Crippen LogP contribution in [0, 0.1) is 10.8 Å². The Balaban J connectivity index is 2.60. The van der Waals surface area contributed by atoms with E-state index in [-0.39, 0.29) is 0 Å². The number of hydrogen-bond acceptors (Lipinski definition) is 2. The Morgan fingerprint density at radius 2 is 2.00 bits per heavy atom. The Kier molecular flexibility index (Phi) is 4.59. The number of carbonyl (C=O) groups is 1. The van der Waals surface area contributed by atoms with Crippen molar-refractivity contribution in [1.82, 2.24) is 4.90 Å². The molecule has 1 fully saturated rings. The summed E-state index contributed by atoms with van der Waals surface area (Å²) in [5, 5.41) is 9.31. The molecular formula is C14H27NO2. The molecule has 0 aromatic heterocycles. The van der Waals surface area contributed by atoms with Crippen molar-refractivity contribution in [2.45, 2.75) is 53.4 Å². The quantitative estimate of drug-likeness (QED) is 0.822. The number of carboxylic acid groups (broad SMARTS) is 1. The second kappa shape index (κ2) is 5.38. The number of nitrogens with zero attached hydrogens (tertiary/aromatic N) is 1. The van der Waals surface area contributed by atoms with Crippen LogP contribution >= 0.6 is 0 Å². The highest BCUT2D eigenvalue weighted by Gasteiger charge is 2.34. The Labute approximate surface area is 105 Å². The zero-order valence-corrected chi connectivity index (χ0v) is 11.8. The molecule has 1 aliphatic rings. The molecular weight excluding hydrogens is 214 g/mol. The number of aliphatic carboxylic acids is 1. The summed E-state index contributed by atoms with van der Waals surface area (Å²) < 4.78 is 0. The van der Waals surface area contributed by atoms with E-state index in [1.807, 2.05) is 13.8 Å². The lowest BCUT2D eigenvalue weighted by atomic mass is 9.85. The van der Waals surface area contributed by atoms with E-state index >= 15 is 0 Å². The molecule has 1 rings (SSSR count). The third-order valence-electron chi connectivity index (χ3n) is 4.30. The van der Waals surface area contributed by atoms with Gasteiger partial charge in [0.25, 0.3) is 0 Å². The molecule has 0 saturated carbocycles. The number of rotatable bonds is 4. The second-order valence-electron chi connectivity index (χ2n) is 6.51. The van der Waals surface area contributed by atoms with Gasteiger partial charge in [0, 0.05) is 6.54 Å². The van der Waals surface area contributed by atoms with Gasteiger partial charge in [-0.25, -0.2) is 0 Å². The molecule has 0 radical (unpaired) electrons. The van der Waals surface area contributed by atoms with E-state index in [2.05, 4.69) is 18.7 Å². The van der Waals surface area contributed by atoms with Crippen LogP contribution < -0.4 is 0 Å². The normalized spacial score (nSPS) is 24.9. The predicted octanol–water partition coefficient (Wildman–Crippen LogP) is 3.00. The Morgan fingerprint density at radius 3 is 2.53 bits per heavy atom. The highest BCUT2D eigenvalue weighted by atomic mass is 16.4. The highest BCUT2D eigenvalue weighted by molar-refractivity contribution is 5.74. The first-order valence-corrected chi connectivity index (χ1v) is 6.75. The Bertz CT molecular complexity index is 275. The van der Waals surface area contributed by atoms with Crippen LogP contribution in [-0.4, -0.2) is 35.6 Å². The highest BCUT2D eigenvalue weighted by Crippen LogP contribution is 2.31. The van der Waals surface area contributed by atoms with Crippen LogP contribution in [0.1, 0.15) is 53.4 Å². The first kappa shape index (κ1) is 14.5. The molecule has 3 nitrogen and oxygen atoms in total. The van der Waals surface area contributed by atoms with Crippen LogP contribution in [0.15, 0.2) is 0 Å². The number of likely N-dealkylation sites (tertiary alicyclic amines) is 1. The Morgan fingerprint density at radius 1 is 1.35 bits per heavy atom. The molecule has 3 heteroatoms. The molecule has 1 unspecified atom stereocenters. The van der Waals surface area contributed by atoms with Gasteiger partial charge in [-0.15, -0.1) is 0 Å². The van der Waals surface area contributed by atoms with Crippen molar-refractivity contribution in [3.8, 4) is 0 Å². The van der Waals surface area contributed by atoms with Gasteiger partial charge in [0.1, 0.15) is 0 Å². The van der Waals surface area contributed by atoms with Crippen molar-refractivity contribution < 1.29 is 9.90 Å². The van der Waals surface area contributed by atoms with Crippen LogP contribution in [0.3, 0.4) is 0 Å². The summed E-state index contributed by atoms with van der Waals surface area (Å²) in [6, 6.07) is 0. The minimum Gasteiger partial charge on any atom is -0.481 e. The van der Waals surface area contributed by atoms with Crippen LogP contribution in [-0.2, 0) is 4.79 Å². The van der Waals surface area contributed by atoms with Gasteiger partial charge >= 0.3 is 5.97 Å². The molecule has 1 N–H and O–H groups in total. The van der Waals surface area contributed by atoms with E-state index in [1.54, 1.807) is 0 Å². The molecule has 0 aromatic rings. The number of carboxylic acids is 1. The van der Waals surface area contributed by atoms with Crippen LogP contribution in [0.5, 0.6) is 0 Å². The SMILES string of the molecule is CCC(C)(CN1CCCC(C)(C)CC1)C(=O)O. The molecule has 0 spiro atoms. The average molecular weight is 241 g/mol. The second-order valence-corrected chi connectivity index (χ2v) is 6.51. The molecule has 0 amide bonds. The fraction of sp³-hybridized carbons (Fsp3) is 0.929. The monoisotopic (exact) mass is 241 g/mol. The van der Waals surface area contributed by atoms with Gasteiger partial charge in [-0.2, -0.15) is 0 Å². The van der Waals surface area contributed by atoms with E-state index < -0.39 is 11.4 Å². The maximum atomic E-state index is 11.3. The first-order valence-electron chi connectivity index (χ1n) is 6.75. The summed E-state index contributed by atoms with van der Waals surface area (Å²) in [6.07, 6.45) is 4.31. The maximum absolute atomic E-state index is 11.3. The minimum atomic E-state index is -0.663. The fourth-order valence-electron chi connectivity index (χ4n) is 2.46. The lowest BCUT2D eigenvalue weighted by Crippen LogP contribution is -2.41. The first-order chi connectivity index (χ1) is 7.79. The van der Waals surface area contributed by atoms with Crippen molar-refractivity contribution in [3.63, 3.8) is 0 Å². The van der Waals surface area contributed by atoms with Crippen molar-refractivity contribution >= 4 is 5.97 Å². The lowest BCUT2D eigenvalue weighted by molar-refractivity contribution is -0.149. The molecule has 1 aliphatic heterocycles. The van der Waals surface area contributed by atoms with Gasteiger partial charge in [0.2, 0.25) is 0 Å². The number of hydrogen-bond donors (Lipinski definition) is 1. The summed E-state index contributed by atoms with van der Waals surface area (Å²) in [5.41, 5.74) is -0.172. The zero-order chi connectivity index (χ0) is 13.1. The van der Waals surface area contributed by atoms with Crippen LogP contribution in [0.2, 0.25) is 0 Å². The summed E-state index contributed by atoms with van der Waals surface area (Å²) in [6.45, 7) is 11.2. The predicted molar refractivity (Wildman–Crippen MR) is 70.1 cm³/mol. The molecule has 0 bridgehead atoms. The molecule has 17 heavy (non-hydrogen) atoms.